The molecule has 0 aliphatic heterocycles. The van der Waals surface area contributed by atoms with Crippen molar-refractivity contribution in [1.29, 1.82) is 5.26 Å². The Balaban J connectivity index is 0.00000450. The van der Waals surface area contributed by atoms with E-state index in [4.69, 9.17) is 28.3 Å². The highest BCUT2D eigenvalue weighted by molar-refractivity contribution is 6.35. The van der Waals surface area contributed by atoms with E-state index in [0.29, 0.717) is 6.42 Å². The molecule has 2 aromatic rings. The lowest BCUT2D eigenvalue weighted by atomic mass is 9.95. The van der Waals surface area contributed by atoms with Crippen molar-refractivity contribution in [2.24, 2.45) is 5.73 Å². The second-order valence-electron chi connectivity index (χ2n) is 6.77. The maximum absolute atomic E-state index is 15.4. The Morgan fingerprint density at radius 3 is 2.62 bits per heavy atom. The van der Waals surface area contributed by atoms with Crippen LogP contribution in [0.15, 0.2) is 30.3 Å². The average molecular weight is 421 g/mol. The summed E-state index contributed by atoms with van der Waals surface area (Å²) < 4.78 is 15.4. The number of halogens is 2. The molecule has 1 amide bonds. The van der Waals surface area contributed by atoms with E-state index in [1.807, 2.05) is 13.0 Å². The number of hydrogen-bond acceptors (Lipinski definition) is 5. The molecular formula is C21H26ClFN4O2. The smallest absolute Gasteiger partial charge is 0.218 e. The summed E-state index contributed by atoms with van der Waals surface area (Å²) in [6.45, 7) is 3.62. The van der Waals surface area contributed by atoms with Gasteiger partial charge in [0.1, 0.15) is 11.9 Å². The van der Waals surface area contributed by atoms with Crippen LogP contribution in [0.1, 0.15) is 62.6 Å². The fourth-order valence-electron chi connectivity index (χ4n) is 3.12. The summed E-state index contributed by atoms with van der Waals surface area (Å²) in [7, 11) is 0. The number of nitriles is 1. The Morgan fingerprint density at radius 2 is 2.03 bits per heavy atom. The van der Waals surface area contributed by atoms with Crippen LogP contribution in [0, 0.1) is 17.1 Å². The first kappa shape index (κ1) is 22.3. The molecule has 0 bridgehead atoms. The molecule has 0 heterocycles. The molecule has 0 radical (unpaired) electrons. The number of anilines is 1. The molecule has 29 heavy (non-hydrogen) atoms. The van der Waals surface area contributed by atoms with Crippen LogP contribution in [0.2, 0.25) is 5.02 Å². The van der Waals surface area contributed by atoms with E-state index in [0.717, 1.165) is 0 Å². The fourth-order valence-corrected chi connectivity index (χ4v) is 3.35. The summed E-state index contributed by atoms with van der Waals surface area (Å²) in [5.41, 5.74) is 11.3. The number of benzene rings is 2. The normalized spacial score (nSPS) is 12.8. The molecule has 0 aliphatic rings. The molecule has 5 N–H and O–H groups in total. The number of nitrogens with two attached hydrogens (primary N) is 2. The molecule has 2 aromatic carbocycles. The third kappa shape index (κ3) is 5.11. The maximum atomic E-state index is 15.4. The molecule has 0 aliphatic carbocycles. The largest absolute Gasteiger partial charge is 0.398 e. The van der Waals surface area contributed by atoms with Crippen LogP contribution in [-0.2, 0) is 4.79 Å². The van der Waals surface area contributed by atoms with Gasteiger partial charge in [-0.05, 0) is 37.6 Å². The van der Waals surface area contributed by atoms with Gasteiger partial charge in [-0.25, -0.2) is 4.39 Å². The second-order valence-corrected chi connectivity index (χ2v) is 7.17. The van der Waals surface area contributed by atoms with Crippen molar-refractivity contribution in [1.82, 2.24) is 5.32 Å². The van der Waals surface area contributed by atoms with E-state index in [1.54, 1.807) is 6.92 Å². The van der Waals surface area contributed by atoms with Gasteiger partial charge in [-0.3, -0.25) is 9.59 Å². The number of nitrogen functional groups attached to an aromatic ring is 1. The van der Waals surface area contributed by atoms with E-state index in [1.165, 1.54) is 30.3 Å². The number of amides is 1. The van der Waals surface area contributed by atoms with Crippen molar-refractivity contribution in [3.8, 4) is 6.07 Å². The van der Waals surface area contributed by atoms with E-state index in [9.17, 15) is 9.59 Å². The fraction of sp³-hybridized carbons (Fsp3) is 0.286. The number of hydrogen-bond donors (Lipinski definition) is 3. The molecule has 2 atom stereocenters. The average Bonchev–Trinajstić information content (AvgIpc) is 2.66. The van der Waals surface area contributed by atoms with E-state index < -0.39 is 23.5 Å². The standard InChI is InChI=1S/C21H22ClFN4O2.2H2/c1-3-17(27-11(2)8-18(26)28)14-5-6-15(22)19(20(14)23)21(29)12-4-7-16(25)13(9-12)10-24;;/h4-7,9,11,17,27H,3,8,25H2,1-2H3,(H2,26,28);2*1H/t11-,17+;;/m0../s1. The Bertz CT molecular complexity index is 998. The van der Waals surface area contributed by atoms with Crippen LogP contribution < -0.4 is 16.8 Å². The summed E-state index contributed by atoms with van der Waals surface area (Å²) in [5.74, 6) is -1.86. The zero-order chi connectivity index (χ0) is 21.7. The van der Waals surface area contributed by atoms with Gasteiger partial charge < -0.3 is 16.8 Å². The molecule has 0 fully saturated rings. The van der Waals surface area contributed by atoms with Gasteiger partial charge in [0.2, 0.25) is 5.91 Å². The number of rotatable bonds is 8. The van der Waals surface area contributed by atoms with Gasteiger partial charge in [-0.15, -0.1) is 0 Å². The van der Waals surface area contributed by atoms with Crippen molar-refractivity contribution < 1.29 is 16.8 Å². The van der Waals surface area contributed by atoms with Gasteiger partial charge in [0.25, 0.3) is 0 Å². The molecule has 0 spiro atoms. The third-order valence-corrected chi connectivity index (χ3v) is 4.88. The highest BCUT2D eigenvalue weighted by Crippen LogP contribution is 2.30. The SMILES string of the molecule is CC[C@@H](N[C@@H](C)CC(N)=O)c1ccc(Cl)c(C(=O)c2ccc(N)c(C#N)c2)c1F.[HH].[HH]. The van der Waals surface area contributed by atoms with Crippen molar-refractivity contribution >= 4 is 29.0 Å². The van der Waals surface area contributed by atoms with Crippen LogP contribution in [0.5, 0.6) is 0 Å². The summed E-state index contributed by atoms with van der Waals surface area (Å²) >= 11 is 6.14. The van der Waals surface area contributed by atoms with Crippen molar-refractivity contribution in [2.45, 2.75) is 38.8 Å². The zero-order valence-electron chi connectivity index (χ0n) is 16.1. The van der Waals surface area contributed by atoms with Crippen LogP contribution in [0.25, 0.3) is 0 Å². The minimum Gasteiger partial charge on any atom is -0.398 e. The Hall–Kier alpha value is -2.95. The summed E-state index contributed by atoms with van der Waals surface area (Å²) in [5, 5.41) is 12.2. The maximum Gasteiger partial charge on any atom is 0.218 e. The van der Waals surface area contributed by atoms with E-state index >= 15 is 4.39 Å². The van der Waals surface area contributed by atoms with Crippen molar-refractivity contribution in [2.75, 3.05) is 5.73 Å². The highest BCUT2D eigenvalue weighted by Gasteiger charge is 2.25. The summed E-state index contributed by atoms with van der Waals surface area (Å²) in [4.78, 5) is 24.1. The lowest BCUT2D eigenvalue weighted by molar-refractivity contribution is -0.118. The first-order valence-electron chi connectivity index (χ1n) is 9.06. The second kappa shape index (κ2) is 9.50. The van der Waals surface area contributed by atoms with Crippen LogP contribution in [0.3, 0.4) is 0 Å². The number of carbonyl (C=O) groups is 2. The number of nitrogens with one attached hydrogen (secondary N) is 1. The third-order valence-electron chi connectivity index (χ3n) is 4.56. The molecule has 2 rings (SSSR count). The minimum absolute atomic E-state index is 0. The van der Waals surface area contributed by atoms with Crippen molar-refractivity contribution in [3.05, 3.63) is 63.4 Å². The van der Waals surface area contributed by atoms with Crippen LogP contribution >= 0.6 is 11.6 Å². The highest BCUT2D eigenvalue weighted by atomic mass is 35.5. The number of carbonyl (C=O) groups excluding carboxylic acids is 2. The van der Waals surface area contributed by atoms with Gasteiger partial charge in [0, 0.05) is 38.2 Å². The predicted molar refractivity (Wildman–Crippen MR) is 114 cm³/mol. The molecule has 6 nitrogen and oxygen atoms in total. The zero-order valence-corrected chi connectivity index (χ0v) is 16.9. The minimum atomic E-state index is -0.747. The van der Waals surface area contributed by atoms with Gasteiger partial charge >= 0.3 is 0 Å². The van der Waals surface area contributed by atoms with Crippen molar-refractivity contribution in [3.63, 3.8) is 0 Å². The summed E-state index contributed by atoms with van der Waals surface area (Å²) in [6.07, 6.45) is 0.607. The van der Waals surface area contributed by atoms with E-state index in [2.05, 4.69) is 5.32 Å². The predicted octanol–water partition coefficient (Wildman–Crippen LogP) is 3.96. The summed E-state index contributed by atoms with van der Waals surface area (Å²) in [6, 6.07) is 8.29. The van der Waals surface area contributed by atoms with Gasteiger partial charge in [-0.2, -0.15) is 5.26 Å². The van der Waals surface area contributed by atoms with Crippen LogP contribution in [-0.4, -0.2) is 17.7 Å². The lowest BCUT2D eigenvalue weighted by Crippen LogP contribution is -2.34. The molecule has 0 aromatic heterocycles. The number of nitrogens with zero attached hydrogens (tertiary/aromatic N) is 1. The van der Waals surface area contributed by atoms with Gasteiger partial charge in [-0.1, -0.05) is 24.6 Å². The van der Waals surface area contributed by atoms with Crippen LogP contribution in [0.4, 0.5) is 10.1 Å². The Kier molecular flexibility index (Phi) is 7.32. The topological polar surface area (TPSA) is 122 Å². The monoisotopic (exact) mass is 420 g/mol. The quantitative estimate of drug-likeness (QED) is 0.440. The lowest BCUT2D eigenvalue weighted by Gasteiger charge is -2.23. The molecule has 8 heteroatoms. The first-order valence-corrected chi connectivity index (χ1v) is 9.43. The first-order chi connectivity index (χ1) is 13.7. The Labute approximate surface area is 176 Å². The molecule has 0 saturated carbocycles. The Morgan fingerprint density at radius 1 is 1.34 bits per heavy atom. The molecule has 0 unspecified atom stereocenters. The van der Waals surface area contributed by atoms with Gasteiger partial charge in [0.05, 0.1) is 16.1 Å². The van der Waals surface area contributed by atoms with Gasteiger partial charge in [0.15, 0.2) is 5.78 Å². The molecule has 0 saturated heterocycles. The molecular weight excluding hydrogens is 395 g/mol. The molecule has 156 valence electrons. The van der Waals surface area contributed by atoms with E-state index in [-0.39, 0.29) is 48.3 Å². The number of primary amides is 1. The number of ketones is 1.